The van der Waals surface area contributed by atoms with Gasteiger partial charge in [-0.15, -0.1) is 0 Å². The molecule has 0 bridgehead atoms. The van der Waals surface area contributed by atoms with Gasteiger partial charge in [-0.05, 0) is 77.0 Å². The van der Waals surface area contributed by atoms with Gasteiger partial charge < -0.3 is 50.5 Å². The summed E-state index contributed by atoms with van der Waals surface area (Å²) in [5.74, 6) is -0.719. The van der Waals surface area contributed by atoms with Crippen LogP contribution >= 0.6 is 0 Å². The number of hydrogen-bond donors (Lipinski definition) is 8. The lowest BCUT2D eigenvalue weighted by Gasteiger charge is -2.40. The number of unbranched alkanes of at least 4 members (excludes halogenated alkanes) is 26. The van der Waals surface area contributed by atoms with E-state index < -0.39 is 74.2 Å². The molecule has 1 rings (SSSR count). The zero-order valence-corrected chi connectivity index (χ0v) is 40.8. The molecule has 11 heteroatoms. The SMILES string of the molecule is CCCCCCCCC/C=C\CCCCCCC(O)C(=O)NC(COC1OC(CO)C(O)C(O)C1O)C(O)C(O)CCC/C=C/CC/C=C/CCCCCCCCCCCCCCC. The second-order valence-corrected chi connectivity index (χ2v) is 18.6. The van der Waals surface area contributed by atoms with E-state index in [4.69, 9.17) is 9.47 Å². The quantitative estimate of drug-likeness (QED) is 0.0216. The van der Waals surface area contributed by atoms with Crippen molar-refractivity contribution in [1.29, 1.82) is 0 Å². The number of amides is 1. The lowest BCUT2D eigenvalue weighted by atomic mass is 9.98. The molecule has 0 saturated carbocycles. The summed E-state index contributed by atoms with van der Waals surface area (Å²) in [6.45, 7) is 3.43. The van der Waals surface area contributed by atoms with Crippen LogP contribution in [0.25, 0.3) is 0 Å². The molecule has 1 fully saturated rings. The average Bonchev–Trinajstić information content (AvgIpc) is 3.29. The third-order valence-electron chi connectivity index (χ3n) is 12.6. The number of allylic oxidation sites excluding steroid dienone is 6. The summed E-state index contributed by atoms with van der Waals surface area (Å²) in [6, 6.07) is -1.19. The monoisotopic (exact) mass is 910 g/mol. The number of carbonyl (C=O) groups is 1. The normalized spacial score (nSPS) is 21.3. The molecule has 9 atom stereocenters. The minimum absolute atomic E-state index is 0.237. The van der Waals surface area contributed by atoms with Crippen LogP contribution in [0, 0.1) is 0 Å². The van der Waals surface area contributed by atoms with Gasteiger partial charge in [-0.25, -0.2) is 0 Å². The van der Waals surface area contributed by atoms with Crippen LogP contribution in [0.4, 0.5) is 0 Å². The van der Waals surface area contributed by atoms with Gasteiger partial charge in [-0.3, -0.25) is 4.79 Å². The third-order valence-corrected chi connectivity index (χ3v) is 12.6. The van der Waals surface area contributed by atoms with E-state index in [0.29, 0.717) is 19.3 Å². The summed E-state index contributed by atoms with van der Waals surface area (Å²) in [6.07, 6.45) is 39.1. The van der Waals surface area contributed by atoms with Crippen molar-refractivity contribution in [3.63, 3.8) is 0 Å². The van der Waals surface area contributed by atoms with Crippen molar-refractivity contribution < 1.29 is 50.0 Å². The molecule has 1 saturated heterocycles. The fraction of sp³-hybridized carbons (Fsp3) is 0.868. The Balaban J connectivity index is 2.41. The number of rotatable bonds is 44. The van der Waals surface area contributed by atoms with E-state index in [1.807, 2.05) is 0 Å². The topological polar surface area (TPSA) is 189 Å². The molecule has 64 heavy (non-hydrogen) atoms. The number of aliphatic hydroxyl groups excluding tert-OH is 7. The molecule has 9 unspecified atom stereocenters. The summed E-state index contributed by atoms with van der Waals surface area (Å²) in [7, 11) is 0. The molecule has 0 spiro atoms. The van der Waals surface area contributed by atoms with Gasteiger partial charge in [-0.2, -0.15) is 0 Å². The molecule has 0 aromatic carbocycles. The Morgan fingerprint density at radius 2 is 0.938 bits per heavy atom. The van der Waals surface area contributed by atoms with E-state index in [0.717, 1.165) is 51.4 Å². The van der Waals surface area contributed by atoms with Crippen LogP contribution in [0.2, 0.25) is 0 Å². The molecule has 1 aliphatic rings. The summed E-state index contributed by atoms with van der Waals surface area (Å²) in [5.41, 5.74) is 0. The Kier molecular flexibility index (Phi) is 40.2. The molecule has 376 valence electrons. The van der Waals surface area contributed by atoms with Crippen LogP contribution < -0.4 is 5.32 Å². The molecule has 0 aromatic heterocycles. The van der Waals surface area contributed by atoms with E-state index in [1.165, 1.54) is 128 Å². The van der Waals surface area contributed by atoms with E-state index in [2.05, 4.69) is 55.6 Å². The first-order valence-electron chi connectivity index (χ1n) is 26.4. The molecule has 1 heterocycles. The molecular formula is C53H99NO10. The summed E-state index contributed by atoms with van der Waals surface area (Å²) >= 11 is 0. The maximum absolute atomic E-state index is 13.1. The number of aliphatic hydroxyl groups is 7. The Morgan fingerprint density at radius 1 is 0.531 bits per heavy atom. The van der Waals surface area contributed by atoms with Crippen molar-refractivity contribution in [3.05, 3.63) is 36.5 Å². The first kappa shape index (κ1) is 60.3. The van der Waals surface area contributed by atoms with E-state index in [-0.39, 0.29) is 12.8 Å². The predicted octanol–water partition coefficient (Wildman–Crippen LogP) is 9.95. The van der Waals surface area contributed by atoms with Crippen LogP contribution in [0.5, 0.6) is 0 Å². The zero-order valence-electron chi connectivity index (χ0n) is 40.8. The third kappa shape index (κ3) is 31.3. The Morgan fingerprint density at radius 3 is 1.39 bits per heavy atom. The Labute approximate surface area is 390 Å². The van der Waals surface area contributed by atoms with Gasteiger partial charge in [0.1, 0.15) is 36.6 Å². The van der Waals surface area contributed by atoms with E-state index >= 15 is 0 Å². The maximum atomic E-state index is 13.1. The molecular weight excluding hydrogens is 811 g/mol. The molecule has 0 aromatic rings. The highest BCUT2D eigenvalue weighted by atomic mass is 16.7. The first-order chi connectivity index (χ1) is 31.2. The average molecular weight is 910 g/mol. The van der Waals surface area contributed by atoms with Gasteiger partial charge in [-0.1, -0.05) is 185 Å². The largest absolute Gasteiger partial charge is 0.394 e. The highest BCUT2D eigenvalue weighted by Gasteiger charge is 2.44. The van der Waals surface area contributed by atoms with Crippen molar-refractivity contribution in [2.45, 2.75) is 281 Å². The fourth-order valence-electron chi connectivity index (χ4n) is 8.28. The van der Waals surface area contributed by atoms with Crippen LogP contribution in [-0.4, -0.2) is 110 Å². The number of ether oxygens (including phenoxy) is 2. The minimum atomic E-state index is -1.67. The number of carbonyl (C=O) groups excluding carboxylic acids is 1. The van der Waals surface area contributed by atoms with Gasteiger partial charge in [0.15, 0.2) is 6.29 Å². The van der Waals surface area contributed by atoms with Crippen LogP contribution in [-0.2, 0) is 14.3 Å². The highest BCUT2D eigenvalue weighted by molar-refractivity contribution is 5.80. The van der Waals surface area contributed by atoms with Crippen molar-refractivity contribution in [2.75, 3.05) is 13.2 Å². The van der Waals surface area contributed by atoms with E-state index in [1.54, 1.807) is 0 Å². The van der Waals surface area contributed by atoms with E-state index in [9.17, 15) is 40.5 Å². The second-order valence-electron chi connectivity index (χ2n) is 18.6. The Hall–Kier alpha value is -1.67. The van der Waals surface area contributed by atoms with Gasteiger partial charge in [0, 0.05) is 0 Å². The van der Waals surface area contributed by atoms with Gasteiger partial charge in [0.05, 0.1) is 25.4 Å². The molecule has 0 radical (unpaired) electrons. The molecule has 0 aliphatic carbocycles. The Bertz CT molecular complexity index is 1130. The molecule has 8 N–H and O–H groups in total. The molecule has 11 nitrogen and oxygen atoms in total. The van der Waals surface area contributed by atoms with Gasteiger partial charge in [0.25, 0.3) is 0 Å². The lowest BCUT2D eigenvalue weighted by Crippen LogP contribution is -2.60. The number of hydrogen-bond acceptors (Lipinski definition) is 10. The van der Waals surface area contributed by atoms with Gasteiger partial charge >= 0.3 is 0 Å². The van der Waals surface area contributed by atoms with Crippen molar-refractivity contribution in [1.82, 2.24) is 5.32 Å². The van der Waals surface area contributed by atoms with Gasteiger partial charge in [0.2, 0.25) is 5.91 Å². The summed E-state index contributed by atoms with van der Waals surface area (Å²) in [4.78, 5) is 13.1. The molecule has 1 amide bonds. The molecule has 1 aliphatic heterocycles. The fourth-order valence-corrected chi connectivity index (χ4v) is 8.28. The smallest absolute Gasteiger partial charge is 0.249 e. The standard InChI is InChI=1S/C53H99NO10/c1-3-5-7-9-11-13-15-17-19-20-21-22-23-24-25-27-28-30-32-34-36-38-40-45(56)48(58)44(43-63-53-51(61)50(60)49(59)47(42-55)64-53)54-52(62)46(57)41-39-37-35-33-31-29-26-18-16-14-12-10-8-6-4-2/h25-27,29,32,34,44-51,53,55-61H,3-24,28,30-31,33,35-43H2,1-2H3,(H,54,62)/b27-25+,29-26-,34-32+. The van der Waals surface area contributed by atoms with Crippen LogP contribution in [0.1, 0.15) is 226 Å². The first-order valence-corrected chi connectivity index (χ1v) is 26.4. The second kappa shape index (κ2) is 42.7. The zero-order chi connectivity index (χ0) is 46.9. The summed E-state index contributed by atoms with van der Waals surface area (Å²) in [5, 5.41) is 75.8. The van der Waals surface area contributed by atoms with Crippen molar-refractivity contribution >= 4 is 5.91 Å². The minimum Gasteiger partial charge on any atom is -0.394 e. The van der Waals surface area contributed by atoms with Crippen LogP contribution in [0.3, 0.4) is 0 Å². The predicted molar refractivity (Wildman–Crippen MR) is 261 cm³/mol. The lowest BCUT2D eigenvalue weighted by molar-refractivity contribution is -0.303. The van der Waals surface area contributed by atoms with Crippen molar-refractivity contribution in [2.24, 2.45) is 0 Å². The van der Waals surface area contributed by atoms with Crippen molar-refractivity contribution in [3.8, 4) is 0 Å². The number of nitrogens with one attached hydrogen (secondary N) is 1. The highest BCUT2D eigenvalue weighted by Crippen LogP contribution is 2.23. The van der Waals surface area contributed by atoms with Crippen LogP contribution in [0.15, 0.2) is 36.5 Å². The summed E-state index contributed by atoms with van der Waals surface area (Å²) < 4.78 is 11.1. The maximum Gasteiger partial charge on any atom is 0.249 e.